The number of hydrogen-bond donors (Lipinski definition) is 0. The van der Waals surface area contributed by atoms with E-state index in [1.54, 1.807) is 24.4 Å². The van der Waals surface area contributed by atoms with Crippen molar-refractivity contribution in [3.05, 3.63) is 90.3 Å². The van der Waals surface area contributed by atoms with E-state index in [1.165, 1.54) is 0 Å². The topological polar surface area (TPSA) is 54.8 Å². The predicted octanol–water partition coefficient (Wildman–Crippen LogP) is 4.32. The first kappa shape index (κ1) is 19.0. The standard InChI is InChI=1S/C23H19N3O2S/c1-28-19-9-7-18(8-10-19)25-21-20(17-5-3-2-4-6-17)22(27)26(23(21)29)15-16-11-13-24-14-12-16/h2-14,20H,15H2,1H3. The Balaban J connectivity index is 1.74. The van der Waals surface area contributed by atoms with Crippen LogP contribution in [0.1, 0.15) is 17.0 Å². The summed E-state index contributed by atoms with van der Waals surface area (Å²) in [5, 5.41) is 0. The lowest BCUT2D eigenvalue weighted by atomic mass is 9.96. The number of nitrogens with zero attached hydrogens (tertiary/aromatic N) is 3. The van der Waals surface area contributed by atoms with Gasteiger partial charge in [-0.2, -0.15) is 0 Å². The van der Waals surface area contributed by atoms with Crippen molar-refractivity contribution in [2.45, 2.75) is 12.5 Å². The molecule has 1 atom stereocenters. The molecule has 2 heterocycles. The van der Waals surface area contributed by atoms with E-state index in [0.717, 1.165) is 22.6 Å². The van der Waals surface area contributed by atoms with Gasteiger partial charge >= 0.3 is 0 Å². The first-order valence-electron chi connectivity index (χ1n) is 9.19. The molecule has 0 radical (unpaired) electrons. The number of methoxy groups -OCH3 is 1. The lowest BCUT2D eigenvalue weighted by molar-refractivity contribution is -0.126. The second-order valence-corrected chi connectivity index (χ2v) is 7.01. The summed E-state index contributed by atoms with van der Waals surface area (Å²) in [7, 11) is 1.62. The number of carbonyl (C=O) groups excluding carboxylic acids is 1. The molecule has 1 aliphatic heterocycles. The highest BCUT2D eigenvalue weighted by Gasteiger charge is 2.42. The van der Waals surface area contributed by atoms with Gasteiger partial charge in [0.15, 0.2) is 0 Å². The van der Waals surface area contributed by atoms with Gasteiger partial charge in [-0.1, -0.05) is 42.5 Å². The zero-order valence-electron chi connectivity index (χ0n) is 15.9. The number of benzene rings is 2. The third kappa shape index (κ3) is 3.93. The molecular formula is C23H19N3O2S. The quantitative estimate of drug-likeness (QED) is 0.598. The summed E-state index contributed by atoms with van der Waals surface area (Å²) in [6, 6.07) is 20.8. The molecule has 144 valence electrons. The highest BCUT2D eigenvalue weighted by molar-refractivity contribution is 7.82. The maximum Gasteiger partial charge on any atom is 0.241 e. The summed E-state index contributed by atoms with van der Waals surface area (Å²) in [6.45, 7) is 0.394. The normalized spacial score (nSPS) is 17.8. The molecule has 3 aromatic rings. The van der Waals surface area contributed by atoms with Crippen molar-refractivity contribution in [3.63, 3.8) is 0 Å². The van der Waals surface area contributed by atoms with Gasteiger partial charge in [0.25, 0.3) is 0 Å². The summed E-state index contributed by atoms with van der Waals surface area (Å²) < 4.78 is 5.21. The Morgan fingerprint density at radius 3 is 2.38 bits per heavy atom. The van der Waals surface area contributed by atoms with Gasteiger partial charge < -0.3 is 4.74 Å². The third-order valence-electron chi connectivity index (χ3n) is 4.80. The second-order valence-electron chi connectivity index (χ2n) is 6.62. The summed E-state index contributed by atoms with van der Waals surface area (Å²) in [5.74, 6) is 0.163. The number of ether oxygens (including phenoxy) is 1. The number of rotatable bonds is 5. The van der Waals surface area contributed by atoms with E-state index in [1.807, 2.05) is 66.7 Å². The number of amides is 1. The van der Waals surface area contributed by atoms with Crippen LogP contribution >= 0.6 is 12.2 Å². The van der Waals surface area contributed by atoms with E-state index in [-0.39, 0.29) is 5.91 Å². The van der Waals surface area contributed by atoms with Gasteiger partial charge in [-0.25, -0.2) is 4.99 Å². The van der Waals surface area contributed by atoms with Gasteiger partial charge in [0, 0.05) is 12.4 Å². The Morgan fingerprint density at radius 1 is 1.03 bits per heavy atom. The Labute approximate surface area is 174 Å². The maximum atomic E-state index is 13.3. The molecule has 1 amide bonds. The number of carbonyl (C=O) groups is 1. The van der Waals surface area contributed by atoms with Crippen molar-refractivity contribution in [2.75, 3.05) is 7.11 Å². The molecule has 0 bridgehead atoms. The molecule has 0 aliphatic carbocycles. The van der Waals surface area contributed by atoms with Gasteiger partial charge in [0.1, 0.15) is 16.7 Å². The van der Waals surface area contributed by atoms with Crippen LogP contribution in [0.25, 0.3) is 0 Å². The number of likely N-dealkylation sites (tertiary alicyclic amines) is 1. The van der Waals surface area contributed by atoms with Crippen LogP contribution in [0, 0.1) is 0 Å². The molecule has 1 unspecified atom stereocenters. The molecular weight excluding hydrogens is 382 g/mol. The van der Waals surface area contributed by atoms with Gasteiger partial charge in [-0.3, -0.25) is 14.7 Å². The molecule has 6 heteroatoms. The van der Waals surface area contributed by atoms with Gasteiger partial charge in [-0.15, -0.1) is 0 Å². The van der Waals surface area contributed by atoms with Crippen molar-refractivity contribution >= 4 is 34.5 Å². The van der Waals surface area contributed by atoms with Gasteiger partial charge in [0.05, 0.1) is 25.1 Å². The monoisotopic (exact) mass is 401 g/mol. The van der Waals surface area contributed by atoms with Crippen LogP contribution in [-0.2, 0) is 11.3 Å². The SMILES string of the molecule is COc1ccc(N=C2C(=S)N(Cc3ccncc3)C(=O)C2c2ccccc2)cc1. The zero-order valence-corrected chi connectivity index (χ0v) is 16.7. The van der Waals surface area contributed by atoms with Gasteiger partial charge in [0.2, 0.25) is 5.91 Å². The van der Waals surface area contributed by atoms with Crippen LogP contribution in [0.2, 0.25) is 0 Å². The Morgan fingerprint density at radius 2 is 1.72 bits per heavy atom. The van der Waals surface area contributed by atoms with Crippen molar-refractivity contribution in [2.24, 2.45) is 4.99 Å². The Hall–Kier alpha value is -3.38. The predicted molar refractivity (Wildman–Crippen MR) is 117 cm³/mol. The molecule has 5 nitrogen and oxygen atoms in total. The molecule has 0 saturated carbocycles. The van der Waals surface area contributed by atoms with Crippen LogP contribution < -0.4 is 4.74 Å². The first-order chi connectivity index (χ1) is 14.2. The van der Waals surface area contributed by atoms with Crippen LogP contribution in [0.4, 0.5) is 5.69 Å². The Bertz CT molecular complexity index is 1050. The first-order valence-corrected chi connectivity index (χ1v) is 9.60. The highest BCUT2D eigenvalue weighted by Crippen LogP contribution is 2.32. The summed E-state index contributed by atoms with van der Waals surface area (Å²) in [5.41, 5.74) is 3.16. The van der Waals surface area contributed by atoms with E-state index < -0.39 is 5.92 Å². The highest BCUT2D eigenvalue weighted by atomic mass is 32.1. The lowest BCUT2D eigenvalue weighted by Crippen LogP contribution is -2.29. The van der Waals surface area contributed by atoms with E-state index >= 15 is 0 Å². The Kier molecular flexibility index (Phi) is 5.44. The smallest absolute Gasteiger partial charge is 0.241 e. The van der Waals surface area contributed by atoms with Crippen LogP contribution in [0.15, 0.2) is 84.1 Å². The molecule has 29 heavy (non-hydrogen) atoms. The fourth-order valence-corrected chi connectivity index (χ4v) is 3.63. The molecule has 4 rings (SSSR count). The zero-order chi connectivity index (χ0) is 20.2. The molecule has 1 fully saturated rings. The number of pyridine rings is 1. The molecule has 1 saturated heterocycles. The maximum absolute atomic E-state index is 13.3. The largest absolute Gasteiger partial charge is 0.497 e. The van der Waals surface area contributed by atoms with Crippen molar-refractivity contribution in [3.8, 4) is 5.75 Å². The molecule has 2 aromatic carbocycles. The van der Waals surface area contributed by atoms with E-state index in [4.69, 9.17) is 21.9 Å². The number of aromatic nitrogens is 1. The minimum atomic E-state index is -0.521. The minimum absolute atomic E-state index is 0.0646. The van der Waals surface area contributed by atoms with E-state index in [9.17, 15) is 4.79 Å². The average molecular weight is 401 g/mol. The second kappa shape index (κ2) is 8.32. The van der Waals surface area contributed by atoms with Crippen molar-refractivity contribution in [1.82, 2.24) is 9.88 Å². The van der Waals surface area contributed by atoms with Crippen LogP contribution in [0.5, 0.6) is 5.75 Å². The van der Waals surface area contributed by atoms with Crippen molar-refractivity contribution < 1.29 is 9.53 Å². The van der Waals surface area contributed by atoms with Crippen LogP contribution in [-0.4, -0.2) is 33.6 Å². The summed E-state index contributed by atoms with van der Waals surface area (Å²) in [6.07, 6.45) is 3.42. The number of aliphatic imine (C=N–C) groups is 1. The average Bonchev–Trinajstić information content (AvgIpc) is 3.00. The summed E-state index contributed by atoms with van der Waals surface area (Å²) in [4.78, 5) is 24.2. The third-order valence-corrected chi connectivity index (χ3v) is 5.23. The van der Waals surface area contributed by atoms with Crippen LogP contribution in [0.3, 0.4) is 0 Å². The minimum Gasteiger partial charge on any atom is -0.497 e. The lowest BCUT2D eigenvalue weighted by Gasteiger charge is -2.15. The number of hydrogen-bond acceptors (Lipinski definition) is 5. The summed E-state index contributed by atoms with van der Waals surface area (Å²) >= 11 is 5.70. The van der Waals surface area contributed by atoms with E-state index in [2.05, 4.69) is 4.98 Å². The molecule has 0 N–H and O–H groups in total. The fourth-order valence-electron chi connectivity index (χ4n) is 3.31. The molecule has 1 aromatic heterocycles. The molecule has 0 spiro atoms. The van der Waals surface area contributed by atoms with Gasteiger partial charge in [-0.05, 0) is 47.5 Å². The number of thiocarbonyl (C=S) groups is 1. The molecule has 1 aliphatic rings. The van der Waals surface area contributed by atoms with E-state index in [0.29, 0.717) is 17.2 Å². The van der Waals surface area contributed by atoms with Crippen molar-refractivity contribution in [1.29, 1.82) is 0 Å². The fraction of sp³-hybridized carbons (Fsp3) is 0.130.